The first kappa shape index (κ1) is 15.3. The number of halogens is 1. The highest BCUT2D eigenvalue weighted by atomic mass is 35.5. The van der Waals surface area contributed by atoms with Gasteiger partial charge in [-0.05, 0) is 49.7 Å². The molecule has 1 aromatic carbocycles. The van der Waals surface area contributed by atoms with Crippen LogP contribution < -0.4 is 5.32 Å². The standard InChI is InChI=1S/C18H15ClN4/c1-18(2,11-20)12-3-5-13(6-4-12)22-15-9-10-21-14-7-8-16(19)23-17(14)15/h3-10H,1-2H3,(H,21,22). The molecule has 0 amide bonds. The van der Waals surface area contributed by atoms with Crippen molar-refractivity contribution in [1.29, 1.82) is 5.26 Å². The van der Waals surface area contributed by atoms with Gasteiger partial charge in [0.05, 0.1) is 22.7 Å². The van der Waals surface area contributed by atoms with E-state index in [2.05, 4.69) is 21.4 Å². The van der Waals surface area contributed by atoms with E-state index in [0.717, 1.165) is 28.0 Å². The Hall–Kier alpha value is -2.64. The molecule has 4 nitrogen and oxygen atoms in total. The maximum atomic E-state index is 9.20. The second kappa shape index (κ2) is 5.86. The molecular weight excluding hydrogens is 308 g/mol. The SMILES string of the molecule is CC(C)(C#N)c1ccc(Nc2ccnc3ccc(Cl)nc23)cc1. The number of nitrogens with one attached hydrogen (secondary N) is 1. The highest BCUT2D eigenvalue weighted by Gasteiger charge is 2.19. The molecule has 0 radical (unpaired) electrons. The van der Waals surface area contributed by atoms with Crippen LogP contribution in [-0.4, -0.2) is 9.97 Å². The fourth-order valence-electron chi connectivity index (χ4n) is 2.29. The molecule has 0 aliphatic heterocycles. The topological polar surface area (TPSA) is 61.6 Å². The smallest absolute Gasteiger partial charge is 0.130 e. The molecule has 23 heavy (non-hydrogen) atoms. The molecular formula is C18H15ClN4. The molecule has 0 fully saturated rings. The first-order valence-corrected chi connectivity index (χ1v) is 7.57. The summed E-state index contributed by atoms with van der Waals surface area (Å²) in [6, 6.07) is 15.5. The van der Waals surface area contributed by atoms with Gasteiger partial charge in [0.1, 0.15) is 10.7 Å². The van der Waals surface area contributed by atoms with Crippen LogP contribution in [0.2, 0.25) is 5.15 Å². The number of anilines is 2. The number of hydrogen-bond acceptors (Lipinski definition) is 4. The van der Waals surface area contributed by atoms with E-state index in [9.17, 15) is 5.26 Å². The van der Waals surface area contributed by atoms with Gasteiger partial charge in [0.2, 0.25) is 0 Å². The van der Waals surface area contributed by atoms with E-state index < -0.39 is 5.41 Å². The summed E-state index contributed by atoms with van der Waals surface area (Å²) in [7, 11) is 0. The van der Waals surface area contributed by atoms with Crippen LogP contribution in [0.5, 0.6) is 0 Å². The molecule has 3 aromatic rings. The summed E-state index contributed by atoms with van der Waals surface area (Å²) in [4.78, 5) is 8.62. The van der Waals surface area contributed by atoms with Crippen molar-refractivity contribution in [3.05, 3.63) is 59.4 Å². The van der Waals surface area contributed by atoms with Crippen molar-refractivity contribution in [2.24, 2.45) is 0 Å². The van der Waals surface area contributed by atoms with Crippen molar-refractivity contribution >= 4 is 34.0 Å². The molecule has 0 bridgehead atoms. The number of aromatic nitrogens is 2. The fraction of sp³-hybridized carbons (Fsp3) is 0.167. The zero-order valence-corrected chi connectivity index (χ0v) is 13.6. The third kappa shape index (κ3) is 3.10. The second-order valence-electron chi connectivity index (χ2n) is 5.80. The number of hydrogen-bond donors (Lipinski definition) is 1. The van der Waals surface area contributed by atoms with E-state index >= 15 is 0 Å². The summed E-state index contributed by atoms with van der Waals surface area (Å²) in [6.07, 6.45) is 1.73. The van der Waals surface area contributed by atoms with Gasteiger partial charge in [-0.15, -0.1) is 0 Å². The quantitative estimate of drug-likeness (QED) is 0.702. The Balaban J connectivity index is 1.94. The first-order valence-electron chi connectivity index (χ1n) is 7.20. The maximum absolute atomic E-state index is 9.20. The fourth-order valence-corrected chi connectivity index (χ4v) is 2.44. The molecule has 3 rings (SSSR count). The van der Waals surface area contributed by atoms with Crippen molar-refractivity contribution < 1.29 is 0 Å². The van der Waals surface area contributed by atoms with E-state index in [1.165, 1.54) is 0 Å². The Labute approximate surface area is 139 Å². The van der Waals surface area contributed by atoms with Gasteiger partial charge in [-0.3, -0.25) is 4.98 Å². The molecule has 0 spiro atoms. The molecule has 2 aromatic heterocycles. The van der Waals surface area contributed by atoms with Crippen LogP contribution >= 0.6 is 11.6 Å². The van der Waals surface area contributed by atoms with Crippen molar-refractivity contribution in [2.75, 3.05) is 5.32 Å². The number of fused-ring (bicyclic) bond motifs is 1. The van der Waals surface area contributed by atoms with E-state index in [1.54, 1.807) is 12.3 Å². The lowest BCUT2D eigenvalue weighted by atomic mass is 9.86. The van der Waals surface area contributed by atoms with Gasteiger partial charge in [0.25, 0.3) is 0 Å². The van der Waals surface area contributed by atoms with Crippen LogP contribution in [0.1, 0.15) is 19.4 Å². The Kier molecular flexibility index (Phi) is 3.89. The lowest BCUT2D eigenvalue weighted by molar-refractivity contribution is 0.687. The van der Waals surface area contributed by atoms with Crippen molar-refractivity contribution in [3.63, 3.8) is 0 Å². The molecule has 1 N–H and O–H groups in total. The summed E-state index contributed by atoms with van der Waals surface area (Å²) in [5.74, 6) is 0. The minimum atomic E-state index is -0.503. The van der Waals surface area contributed by atoms with Gasteiger partial charge < -0.3 is 5.32 Å². The average molecular weight is 323 g/mol. The first-order chi connectivity index (χ1) is 11.0. The van der Waals surface area contributed by atoms with Gasteiger partial charge in [0.15, 0.2) is 0 Å². The largest absolute Gasteiger partial charge is 0.354 e. The summed E-state index contributed by atoms with van der Waals surface area (Å²) in [6.45, 7) is 3.80. The van der Waals surface area contributed by atoms with Crippen LogP contribution in [0.25, 0.3) is 11.0 Å². The molecule has 0 atom stereocenters. The van der Waals surface area contributed by atoms with Crippen LogP contribution in [0.15, 0.2) is 48.7 Å². The van der Waals surface area contributed by atoms with Gasteiger partial charge in [0, 0.05) is 11.9 Å². The molecule has 0 aliphatic rings. The number of rotatable bonds is 3. The van der Waals surface area contributed by atoms with Crippen LogP contribution in [0.3, 0.4) is 0 Å². The molecule has 0 unspecified atom stereocenters. The van der Waals surface area contributed by atoms with Crippen LogP contribution in [0.4, 0.5) is 11.4 Å². The maximum Gasteiger partial charge on any atom is 0.130 e. The zero-order valence-electron chi connectivity index (χ0n) is 12.8. The summed E-state index contributed by atoms with van der Waals surface area (Å²) in [5.41, 5.74) is 3.73. The second-order valence-corrected chi connectivity index (χ2v) is 6.19. The van der Waals surface area contributed by atoms with E-state index in [4.69, 9.17) is 11.6 Å². The normalized spacial score (nSPS) is 11.2. The Bertz CT molecular complexity index is 895. The number of benzene rings is 1. The van der Waals surface area contributed by atoms with Crippen molar-refractivity contribution in [1.82, 2.24) is 9.97 Å². The molecule has 0 aliphatic carbocycles. The van der Waals surface area contributed by atoms with E-state index in [-0.39, 0.29) is 0 Å². The molecule has 0 saturated carbocycles. The predicted molar refractivity (Wildman–Crippen MR) is 92.9 cm³/mol. The average Bonchev–Trinajstić information content (AvgIpc) is 2.56. The Morgan fingerprint density at radius 2 is 1.83 bits per heavy atom. The summed E-state index contributed by atoms with van der Waals surface area (Å²) >= 11 is 5.98. The highest BCUT2D eigenvalue weighted by Crippen LogP contribution is 2.27. The third-order valence-electron chi connectivity index (χ3n) is 3.72. The number of nitriles is 1. The highest BCUT2D eigenvalue weighted by molar-refractivity contribution is 6.29. The lowest BCUT2D eigenvalue weighted by Crippen LogP contribution is -2.13. The van der Waals surface area contributed by atoms with E-state index in [0.29, 0.717) is 5.15 Å². The van der Waals surface area contributed by atoms with Crippen LogP contribution in [-0.2, 0) is 5.41 Å². The minimum absolute atomic E-state index is 0.430. The zero-order chi connectivity index (χ0) is 16.4. The summed E-state index contributed by atoms with van der Waals surface area (Å²) in [5, 5.41) is 13.0. The Morgan fingerprint density at radius 3 is 2.52 bits per heavy atom. The number of pyridine rings is 2. The molecule has 0 saturated heterocycles. The van der Waals surface area contributed by atoms with Gasteiger partial charge in [-0.2, -0.15) is 5.26 Å². The summed E-state index contributed by atoms with van der Waals surface area (Å²) < 4.78 is 0. The lowest BCUT2D eigenvalue weighted by Gasteiger charge is -2.16. The molecule has 5 heteroatoms. The number of nitrogens with zero attached hydrogens (tertiary/aromatic N) is 3. The molecule has 2 heterocycles. The van der Waals surface area contributed by atoms with Gasteiger partial charge in [-0.25, -0.2) is 4.98 Å². The third-order valence-corrected chi connectivity index (χ3v) is 3.93. The molecule has 114 valence electrons. The predicted octanol–water partition coefficient (Wildman–Crippen LogP) is 4.83. The van der Waals surface area contributed by atoms with Gasteiger partial charge >= 0.3 is 0 Å². The monoisotopic (exact) mass is 322 g/mol. The van der Waals surface area contributed by atoms with Crippen LogP contribution in [0, 0.1) is 11.3 Å². The van der Waals surface area contributed by atoms with E-state index in [1.807, 2.05) is 50.2 Å². The van der Waals surface area contributed by atoms with Crippen molar-refractivity contribution in [3.8, 4) is 6.07 Å². The minimum Gasteiger partial charge on any atom is -0.354 e. The Morgan fingerprint density at radius 1 is 1.09 bits per heavy atom. The van der Waals surface area contributed by atoms with Gasteiger partial charge in [-0.1, -0.05) is 23.7 Å². The van der Waals surface area contributed by atoms with Crippen molar-refractivity contribution in [2.45, 2.75) is 19.3 Å².